The van der Waals surface area contributed by atoms with Crippen molar-refractivity contribution in [2.24, 2.45) is 5.92 Å². The Morgan fingerprint density at radius 1 is 1.21 bits per heavy atom. The van der Waals surface area contributed by atoms with Crippen LogP contribution >= 0.6 is 0 Å². The third kappa shape index (κ3) is 4.69. The summed E-state index contributed by atoms with van der Waals surface area (Å²) in [5.41, 5.74) is 1.89. The predicted molar refractivity (Wildman–Crippen MR) is 126 cm³/mol. The summed E-state index contributed by atoms with van der Waals surface area (Å²) < 4.78 is 33.9. The zero-order valence-electron chi connectivity index (χ0n) is 19.3. The molecule has 10 heteroatoms. The average Bonchev–Trinajstić information content (AvgIpc) is 2.80. The second-order valence-corrected chi connectivity index (χ2v) is 10.6. The number of hydrogen-bond donors (Lipinski definition) is 2. The highest BCUT2D eigenvalue weighted by molar-refractivity contribution is 7.89. The number of anilines is 2. The molecule has 2 N–H and O–H groups in total. The lowest BCUT2D eigenvalue weighted by Crippen LogP contribution is -2.44. The van der Waals surface area contributed by atoms with Gasteiger partial charge in [0.1, 0.15) is 5.75 Å². The molecular formula is C24H27N3O6S. The Kier molecular flexibility index (Phi) is 6.46. The Labute approximate surface area is 198 Å². The number of ether oxygens (including phenoxy) is 1. The van der Waals surface area contributed by atoms with Crippen LogP contribution in [0.2, 0.25) is 0 Å². The maximum Gasteiger partial charge on any atom is 0.265 e. The van der Waals surface area contributed by atoms with E-state index in [0.29, 0.717) is 47.6 Å². The Morgan fingerprint density at radius 3 is 2.71 bits per heavy atom. The monoisotopic (exact) mass is 485 g/mol. The fourth-order valence-electron chi connectivity index (χ4n) is 4.19. The van der Waals surface area contributed by atoms with Crippen LogP contribution in [0.4, 0.5) is 11.4 Å². The van der Waals surface area contributed by atoms with Crippen molar-refractivity contribution in [2.45, 2.75) is 44.6 Å². The average molecular weight is 486 g/mol. The topological polar surface area (TPSA) is 122 Å². The van der Waals surface area contributed by atoms with E-state index in [1.54, 1.807) is 44.2 Å². The van der Waals surface area contributed by atoms with E-state index in [1.165, 1.54) is 17.3 Å². The van der Waals surface area contributed by atoms with Gasteiger partial charge in [0, 0.05) is 30.4 Å². The van der Waals surface area contributed by atoms with Gasteiger partial charge in [-0.15, -0.1) is 0 Å². The van der Waals surface area contributed by atoms with Crippen LogP contribution in [0.5, 0.6) is 5.75 Å². The Morgan fingerprint density at radius 2 is 1.97 bits per heavy atom. The molecule has 1 fully saturated rings. The minimum Gasteiger partial charge on any atom is -0.479 e. The van der Waals surface area contributed by atoms with Crippen LogP contribution in [0.25, 0.3) is 0 Å². The van der Waals surface area contributed by atoms with Gasteiger partial charge in [-0.2, -0.15) is 4.31 Å². The summed E-state index contributed by atoms with van der Waals surface area (Å²) in [4.78, 5) is 36.5. The predicted octanol–water partition coefficient (Wildman–Crippen LogP) is 2.96. The zero-order chi connectivity index (χ0) is 24.6. The summed E-state index contributed by atoms with van der Waals surface area (Å²) in [6.45, 7) is 5.05. The van der Waals surface area contributed by atoms with Crippen LogP contribution in [-0.2, 0) is 19.6 Å². The van der Waals surface area contributed by atoms with E-state index < -0.39 is 22.0 Å². The second kappa shape index (κ2) is 9.19. The van der Waals surface area contributed by atoms with Crippen LogP contribution < -0.4 is 15.4 Å². The van der Waals surface area contributed by atoms with E-state index in [4.69, 9.17) is 4.74 Å². The fraction of sp³-hybridized carbons (Fsp3) is 0.375. The molecule has 2 aliphatic heterocycles. The van der Waals surface area contributed by atoms with Crippen molar-refractivity contribution in [3.63, 3.8) is 0 Å². The van der Waals surface area contributed by atoms with E-state index in [1.807, 2.05) is 0 Å². The van der Waals surface area contributed by atoms with E-state index >= 15 is 0 Å². The first-order chi connectivity index (χ1) is 16.1. The van der Waals surface area contributed by atoms with Gasteiger partial charge in [0.25, 0.3) is 5.91 Å². The summed E-state index contributed by atoms with van der Waals surface area (Å²) in [6, 6.07) is 9.68. The molecule has 0 aromatic heterocycles. The fourth-order valence-corrected chi connectivity index (χ4v) is 5.94. The number of amides is 2. The highest BCUT2D eigenvalue weighted by atomic mass is 32.2. The molecular weight excluding hydrogens is 458 g/mol. The van der Waals surface area contributed by atoms with Gasteiger partial charge in [-0.3, -0.25) is 14.4 Å². The number of hydrogen-bond acceptors (Lipinski definition) is 6. The SMILES string of the molecule is CC(=O)c1cccc(NC(=O)C2CCCN(S(=O)(=O)c3cc4c(cc3C)NC(=O)C(C)O4)C2)c1. The van der Waals surface area contributed by atoms with Gasteiger partial charge in [-0.1, -0.05) is 12.1 Å². The van der Waals surface area contributed by atoms with Crippen LogP contribution in [0, 0.1) is 12.8 Å². The number of ketones is 1. The Hall–Kier alpha value is -3.24. The van der Waals surface area contributed by atoms with Crippen molar-refractivity contribution >= 4 is 39.0 Å². The molecule has 0 spiro atoms. The number of carbonyl (C=O) groups is 3. The molecule has 0 radical (unpaired) electrons. The van der Waals surface area contributed by atoms with Crippen LogP contribution in [-0.4, -0.2) is 49.5 Å². The van der Waals surface area contributed by atoms with E-state index in [9.17, 15) is 22.8 Å². The van der Waals surface area contributed by atoms with E-state index in [0.717, 1.165) is 0 Å². The lowest BCUT2D eigenvalue weighted by atomic mass is 9.98. The number of rotatable bonds is 5. The van der Waals surface area contributed by atoms with Gasteiger partial charge in [-0.25, -0.2) is 8.42 Å². The molecule has 1 saturated heterocycles. The van der Waals surface area contributed by atoms with Crippen molar-refractivity contribution in [3.05, 3.63) is 47.5 Å². The number of nitrogens with one attached hydrogen (secondary N) is 2. The van der Waals surface area contributed by atoms with Gasteiger partial charge in [0.05, 0.1) is 16.5 Å². The van der Waals surface area contributed by atoms with Gasteiger partial charge >= 0.3 is 0 Å². The molecule has 34 heavy (non-hydrogen) atoms. The number of piperidine rings is 1. The lowest BCUT2D eigenvalue weighted by molar-refractivity contribution is -0.123. The molecule has 180 valence electrons. The number of fused-ring (bicyclic) bond motifs is 1. The highest BCUT2D eigenvalue weighted by Crippen LogP contribution is 2.36. The van der Waals surface area contributed by atoms with E-state index in [2.05, 4.69) is 10.6 Å². The van der Waals surface area contributed by atoms with Gasteiger partial charge < -0.3 is 15.4 Å². The number of Topliss-reactive ketones (excluding diaryl/α,β-unsaturated/α-hetero) is 1. The maximum absolute atomic E-state index is 13.5. The molecule has 2 heterocycles. The van der Waals surface area contributed by atoms with Crippen molar-refractivity contribution in [1.82, 2.24) is 4.31 Å². The first-order valence-electron chi connectivity index (χ1n) is 11.1. The molecule has 2 aliphatic rings. The summed E-state index contributed by atoms with van der Waals surface area (Å²) >= 11 is 0. The first-order valence-corrected chi connectivity index (χ1v) is 12.5. The summed E-state index contributed by atoms with van der Waals surface area (Å²) in [5.74, 6) is -0.917. The largest absolute Gasteiger partial charge is 0.479 e. The standard InChI is InChI=1S/C24H27N3O6S/c1-14-10-20-21(33-16(3)23(29)26-20)12-22(14)34(31,32)27-9-5-7-18(13-27)24(30)25-19-8-4-6-17(11-19)15(2)28/h4,6,8,10-12,16,18H,5,7,9,13H2,1-3H3,(H,25,30)(H,26,29). The molecule has 2 amide bonds. The third-order valence-corrected chi connectivity index (χ3v) is 8.12. The van der Waals surface area contributed by atoms with Crippen LogP contribution in [0.15, 0.2) is 41.3 Å². The molecule has 0 bridgehead atoms. The summed E-state index contributed by atoms with van der Waals surface area (Å²) in [5, 5.41) is 5.53. The zero-order valence-corrected chi connectivity index (χ0v) is 20.1. The third-order valence-electron chi connectivity index (χ3n) is 6.12. The van der Waals surface area contributed by atoms with Crippen molar-refractivity contribution in [1.29, 1.82) is 0 Å². The number of nitrogens with zero attached hydrogens (tertiary/aromatic N) is 1. The van der Waals surface area contributed by atoms with Gasteiger partial charge in [0.15, 0.2) is 11.9 Å². The second-order valence-electron chi connectivity index (χ2n) is 8.69. The lowest BCUT2D eigenvalue weighted by Gasteiger charge is -2.32. The number of benzene rings is 2. The van der Waals surface area contributed by atoms with Crippen molar-refractivity contribution < 1.29 is 27.5 Å². The molecule has 2 atom stereocenters. The maximum atomic E-state index is 13.5. The van der Waals surface area contributed by atoms with Crippen LogP contribution in [0.1, 0.15) is 42.6 Å². The minimum absolute atomic E-state index is 0.0467. The highest BCUT2D eigenvalue weighted by Gasteiger charge is 2.35. The number of carbonyl (C=O) groups excluding carboxylic acids is 3. The number of aryl methyl sites for hydroxylation is 1. The van der Waals surface area contributed by atoms with Crippen molar-refractivity contribution in [3.8, 4) is 5.75 Å². The molecule has 2 aromatic carbocycles. The smallest absolute Gasteiger partial charge is 0.265 e. The summed E-state index contributed by atoms with van der Waals surface area (Å²) in [7, 11) is -3.90. The normalized spacial score (nSPS) is 20.6. The number of sulfonamides is 1. The molecule has 4 rings (SSSR count). The van der Waals surface area contributed by atoms with Crippen molar-refractivity contribution in [2.75, 3.05) is 23.7 Å². The molecule has 2 unspecified atom stereocenters. The minimum atomic E-state index is -3.90. The van der Waals surface area contributed by atoms with Gasteiger partial charge in [-0.05, 0) is 57.4 Å². The first kappa shape index (κ1) is 23.9. The van der Waals surface area contributed by atoms with E-state index in [-0.39, 0.29) is 29.0 Å². The summed E-state index contributed by atoms with van der Waals surface area (Å²) in [6.07, 6.45) is 0.369. The quantitative estimate of drug-likeness (QED) is 0.628. The Bertz CT molecular complexity index is 1270. The molecule has 9 nitrogen and oxygen atoms in total. The Balaban J connectivity index is 1.53. The van der Waals surface area contributed by atoms with Gasteiger partial charge in [0.2, 0.25) is 15.9 Å². The molecule has 2 aromatic rings. The molecule has 0 saturated carbocycles. The molecule has 0 aliphatic carbocycles. The van der Waals surface area contributed by atoms with Crippen LogP contribution in [0.3, 0.4) is 0 Å².